The van der Waals surface area contributed by atoms with Crippen LogP contribution in [0.5, 0.6) is 0 Å². The molecule has 1 amide bonds. The van der Waals surface area contributed by atoms with Gasteiger partial charge in [0.1, 0.15) is 17.7 Å². The van der Waals surface area contributed by atoms with Crippen molar-refractivity contribution in [1.82, 2.24) is 19.9 Å². The van der Waals surface area contributed by atoms with E-state index in [1.165, 1.54) is 24.3 Å². The maximum atomic E-state index is 13.6. The summed E-state index contributed by atoms with van der Waals surface area (Å²) in [6.07, 6.45) is 4.59. The van der Waals surface area contributed by atoms with Crippen LogP contribution in [0.25, 0.3) is 44.3 Å². The molecule has 0 aliphatic carbocycles. The van der Waals surface area contributed by atoms with E-state index in [1.807, 2.05) is 38.1 Å². The topological polar surface area (TPSA) is 118 Å². The molecule has 2 aromatic carbocycles. The molecule has 6 rings (SSSR count). The van der Waals surface area contributed by atoms with E-state index < -0.39 is 11.7 Å². The summed E-state index contributed by atoms with van der Waals surface area (Å²) in [5.74, 6) is -1.43. The average Bonchev–Trinajstić information content (AvgIpc) is 3.03. The van der Waals surface area contributed by atoms with E-state index in [0.717, 1.165) is 5.69 Å². The molecule has 0 saturated heterocycles. The number of rotatable bonds is 5. The second-order valence-corrected chi connectivity index (χ2v) is 9.55. The molecule has 43 heavy (non-hydrogen) atoms. The Bertz CT molecular complexity index is 2010. The van der Waals surface area contributed by atoms with Gasteiger partial charge in [0.15, 0.2) is 0 Å². The molecule has 7 nitrogen and oxygen atoms in total. The van der Waals surface area contributed by atoms with Crippen molar-refractivity contribution in [3.63, 3.8) is 0 Å². The molecule has 6 aromatic rings. The zero-order valence-corrected chi connectivity index (χ0v) is 23.5. The number of benzene rings is 2. The fourth-order valence-corrected chi connectivity index (χ4v) is 5.03. The summed E-state index contributed by atoms with van der Waals surface area (Å²) in [7, 11) is 0. The summed E-state index contributed by atoms with van der Waals surface area (Å²) in [5, 5.41) is 10.5. The summed E-state index contributed by atoms with van der Waals surface area (Å²) in [6.45, 7) is 3.92. The Labute approximate surface area is 246 Å². The van der Waals surface area contributed by atoms with Gasteiger partial charge in [-0.3, -0.25) is 24.7 Å². The van der Waals surface area contributed by atoms with E-state index in [0.29, 0.717) is 68.4 Å². The van der Waals surface area contributed by atoms with Crippen molar-refractivity contribution < 1.29 is 13.6 Å². The van der Waals surface area contributed by atoms with E-state index in [1.54, 1.807) is 36.7 Å². The highest BCUT2D eigenvalue weighted by molar-refractivity contribution is 6.11. The van der Waals surface area contributed by atoms with Crippen molar-refractivity contribution in [2.75, 3.05) is 0 Å². The Hall–Kier alpha value is -5.62. The summed E-state index contributed by atoms with van der Waals surface area (Å²) < 4.78 is 27.1. The number of aryl methyl sites for hydroxylation is 2. The van der Waals surface area contributed by atoms with Crippen molar-refractivity contribution in [3.8, 4) is 28.6 Å². The van der Waals surface area contributed by atoms with E-state index in [4.69, 9.17) is 5.73 Å². The minimum absolute atomic E-state index is 0.264. The quantitative estimate of drug-likeness (QED) is 0.238. The lowest BCUT2D eigenvalue weighted by molar-refractivity contribution is 0.100. The highest BCUT2D eigenvalue weighted by atomic mass is 19.1. The van der Waals surface area contributed by atoms with Crippen LogP contribution in [0.1, 0.15) is 41.2 Å². The second kappa shape index (κ2) is 12.5. The third kappa shape index (κ3) is 5.76. The van der Waals surface area contributed by atoms with Crippen LogP contribution in [-0.4, -0.2) is 25.8 Å². The second-order valence-electron chi connectivity index (χ2n) is 9.55. The van der Waals surface area contributed by atoms with E-state index in [9.17, 15) is 18.8 Å². The molecule has 0 aliphatic rings. The Morgan fingerprint density at radius 2 is 1.28 bits per heavy atom. The Kier molecular flexibility index (Phi) is 8.39. The predicted octanol–water partition coefficient (Wildman–Crippen LogP) is 6.97. The molecule has 4 heterocycles. The van der Waals surface area contributed by atoms with Gasteiger partial charge in [0.05, 0.1) is 44.9 Å². The lowest BCUT2D eigenvalue weighted by atomic mass is 9.96. The first-order valence-corrected chi connectivity index (χ1v) is 13.6. The molecule has 0 unspecified atom stereocenters. The number of carbonyl (C=O) groups excluding carboxylic acids is 1. The molecule has 9 heteroatoms. The molecule has 2 N–H and O–H groups in total. The summed E-state index contributed by atoms with van der Waals surface area (Å²) in [4.78, 5) is 29.7. The summed E-state index contributed by atoms with van der Waals surface area (Å²) >= 11 is 0. The number of amides is 1. The molecule has 4 aromatic heterocycles. The fraction of sp³-hybridized carbons (Fsp3) is 0.118. The highest BCUT2D eigenvalue weighted by Crippen LogP contribution is 2.33. The van der Waals surface area contributed by atoms with Crippen LogP contribution >= 0.6 is 0 Å². The monoisotopic (exact) mass is 572 g/mol. The van der Waals surface area contributed by atoms with Gasteiger partial charge >= 0.3 is 0 Å². The van der Waals surface area contributed by atoms with E-state index in [-0.39, 0.29) is 11.4 Å². The van der Waals surface area contributed by atoms with Crippen LogP contribution in [0.3, 0.4) is 0 Å². The molecular formula is C34H26F2N6O. The molecule has 0 saturated carbocycles. The number of halogens is 2. The number of nitrogens with zero attached hydrogens (tertiary/aromatic N) is 5. The lowest BCUT2D eigenvalue weighted by Gasteiger charge is -2.14. The van der Waals surface area contributed by atoms with Gasteiger partial charge < -0.3 is 5.73 Å². The normalized spacial score (nSPS) is 10.7. The Balaban J connectivity index is 0.000000171. The third-order valence-corrected chi connectivity index (χ3v) is 6.91. The smallest absolute Gasteiger partial charge is 0.250 e. The first-order chi connectivity index (χ1) is 20.9. The molecule has 0 spiro atoms. The molecule has 212 valence electrons. The number of aromatic nitrogens is 4. The highest BCUT2D eigenvalue weighted by Gasteiger charge is 2.21. The minimum Gasteiger partial charge on any atom is -0.366 e. The van der Waals surface area contributed by atoms with Crippen LogP contribution in [0, 0.1) is 23.0 Å². The number of primary amides is 1. The third-order valence-electron chi connectivity index (χ3n) is 6.91. The van der Waals surface area contributed by atoms with Crippen LogP contribution in [0.2, 0.25) is 0 Å². The van der Waals surface area contributed by atoms with Crippen molar-refractivity contribution in [2.24, 2.45) is 5.73 Å². The van der Waals surface area contributed by atoms with Crippen molar-refractivity contribution in [3.05, 3.63) is 119 Å². The average molecular weight is 573 g/mol. The van der Waals surface area contributed by atoms with Crippen molar-refractivity contribution >= 4 is 27.7 Å². The zero-order valence-electron chi connectivity index (χ0n) is 23.5. The standard InChI is InChI=1S/C17H14FN3O.C17H12FN3/c1-2-12-16(14-5-3-4-8-20-14)15(17(19)22)11-9-10(18)6-7-13(11)21-12;1-2-14-17(16-5-3-4-8-20-16)13(10-19)12-9-11(18)6-7-15(12)21-14/h3-9H,2H2,1H3,(H2,19,22);3-9H,2H2,1H3. The van der Waals surface area contributed by atoms with Crippen LogP contribution in [-0.2, 0) is 12.8 Å². The number of nitriles is 1. The maximum absolute atomic E-state index is 13.6. The molecular weight excluding hydrogens is 546 g/mol. The Morgan fingerprint density at radius 1 is 0.767 bits per heavy atom. The zero-order chi connectivity index (χ0) is 30.5. The van der Waals surface area contributed by atoms with Gasteiger partial charge in [0.25, 0.3) is 0 Å². The fourth-order valence-electron chi connectivity index (χ4n) is 5.03. The summed E-state index contributed by atoms with van der Waals surface area (Å²) in [5.41, 5.74) is 11.5. The van der Waals surface area contributed by atoms with Crippen molar-refractivity contribution in [1.29, 1.82) is 5.26 Å². The van der Waals surface area contributed by atoms with Gasteiger partial charge in [-0.05, 0) is 73.5 Å². The van der Waals surface area contributed by atoms with Crippen LogP contribution in [0.15, 0.2) is 85.2 Å². The Morgan fingerprint density at radius 3 is 1.77 bits per heavy atom. The predicted molar refractivity (Wildman–Crippen MR) is 162 cm³/mol. The van der Waals surface area contributed by atoms with Gasteiger partial charge in [0.2, 0.25) is 5.91 Å². The molecule has 0 fully saturated rings. The molecule has 0 aliphatic heterocycles. The van der Waals surface area contributed by atoms with Gasteiger partial charge in [-0.15, -0.1) is 0 Å². The number of nitrogens with two attached hydrogens (primary N) is 1. The number of hydrogen-bond acceptors (Lipinski definition) is 6. The first-order valence-electron chi connectivity index (χ1n) is 13.6. The van der Waals surface area contributed by atoms with Crippen LogP contribution < -0.4 is 5.73 Å². The maximum Gasteiger partial charge on any atom is 0.250 e. The molecule has 0 atom stereocenters. The number of hydrogen-bond donors (Lipinski definition) is 1. The van der Waals surface area contributed by atoms with Gasteiger partial charge in [-0.2, -0.15) is 5.26 Å². The molecule has 0 radical (unpaired) electrons. The van der Waals surface area contributed by atoms with Gasteiger partial charge in [-0.25, -0.2) is 8.78 Å². The van der Waals surface area contributed by atoms with Crippen LogP contribution in [0.4, 0.5) is 8.78 Å². The number of carbonyl (C=O) groups is 1. The van der Waals surface area contributed by atoms with E-state index >= 15 is 0 Å². The lowest BCUT2D eigenvalue weighted by Crippen LogP contribution is -2.15. The van der Waals surface area contributed by atoms with Crippen molar-refractivity contribution in [2.45, 2.75) is 26.7 Å². The molecule has 0 bridgehead atoms. The largest absolute Gasteiger partial charge is 0.366 e. The number of fused-ring (bicyclic) bond motifs is 2. The van der Waals surface area contributed by atoms with Gasteiger partial charge in [0, 0.05) is 34.3 Å². The van der Waals surface area contributed by atoms with Gasteiger partial charge in [-0.1, -0.05) is 26.0 Å². The summed E-state index contributed by atoms with van der Waals surface area (Å²) in [6, 6.07) is 21.6. The SMILES string of the molecule is CCc1nc2ccc(F)cc2c(C#N)c1-c1ccccn1.CCc1nc2ccc(F)cc2c(C(N)=O)c1-c1ccccn1. The van der Waals surface area contributed by atoms with E-state index in [2.05, 4.69) is 26.0 Å². The number of pyridine rings is 4. The first kappa shape index (κ1) is 28.9. The minimum atomic E-state index is -0.617.